The molecule has 0 unspecified atom stereocenters. The van der Waals surface area contributed by atoms with E-state index in [2.05, 4.69) is 15.9 Å². The number of halogens is 4. The van der Waals surface area contributed by atoms with Crippen molar-refractivity contribution in [1.82, 2.24) is 4.31 Å². The van der Waals surface area contributed by atoms with Crippen LogP contribution in [0.15, 0.2) is 20.0 Å². The molecule has 1 saturated heterocycles. The van der Waals surface area contributed by atoms with E-state index in [4.69, 9.17) is 9.52 Å². The molecule has 0 amide bonds. The largest absolute Gasteiger partial charge is 0.450 e. The van der Waals surface area contributed by atoms with Crippen molar-refractivity contribution in [2.45, 2.75) is 30.5 Å². The first-order chi connectivity index (χ1) is 9.66. The van der Waals surface area contributed by atoms with E-state index in [1.54, 1.807) is 0 Å². The molecule has 0 saturated carbocycles. The third-order valence-corrected chi connectivity index (χ3v) is 6.15. The standard InChI is InChI=1S/C11H13BrF3NO4S/c12-10-9(5-8(6-17)20-10)21(18,19)16-3-1-7(2-4-16)11(13,14)15/h5,7,17H,1-4,6H2. The molecule has 5 nitrogen and oxygen atoms in total. The van der Waals surface area contributed by atoms with Gasteiger partial charge in [0.1, 0.15) is 17.3 Å². The van der Waals surface area contributed by atoms with Gasteiger partial charge < -0.3 is 9.52 Å². The van der Waals surface area contributed by atoms with Crippen molar-refractivity contribution in [1.29, 1.82) is 0 Å². The third-order valence-electron chi connectivity index (χ3n) is 3.40. The average Bonchev–Trinajstić information content (AvgIpc) is 2.80. The fourth-order valence-corrected chi connectivity index (χ4v) is 4.64. The lowest BCUT2D eigenvalue weighted by Gasteiger charge is -2.31. The molecule has 0 spiro atoms. The summed E-state index contributed by atoms with van der Waals surface area (Å²) in [5, 5.41) is 8.93. The molecule has 0 aromatic carbocycles. The molecule has 2 rings (SSSR count). The molecule has 0 atom stereocenters. The number of hydrogen-bond donors (Lipinski definition) is 1. The van der Waals surface area contributed by atoms with Crippen LogP contribution in [0.1, 0.15) is 18.6 Å². The highest BCUT2D eigenvalue weighted by Gasteiger charge is 2.43. The van der Waals surface area contributed by atoms with Gasteiger partial charge in [-0.1, -0.05) is 0 Å². The zero-order valence-electron chi connectivity index (χ0n) is 10.7. The Kier molecular flexibility index (Phi) is 4.72. The van der Waals surface area contributed by atoms with Gasteiger partial charge in [0.2, 0.25) is 10.0 Å². The minimum Gasteiger partial charge on any atom is -0.450 e. The Labute approximate surface area is 127 Å². The lowest BCUT2D eigenvalue weighted by Crippen LogP contribution is -2.42. The van der Waals surface area contributed by atoms with Gasteiger partial charge in [-0.25, -0.2) is 8.42 Å². The Morgan fingerprint density at radius 3 is 2.38 bits per heavy atom. The van der Waals surface area contributed by atoms with Crippen LogP contribution in [0.5, 0.6) is 0 Å². The van der Waals surface area contributed by atoms with E-state index >= 15 is 0 Å². The van der Waals surface area contributed by atoms with Crippen molar-refractivity contribution < 1.29 is 31.1 Å². The van der Waals surface area contributed by atoms with E-state index in [0.717, 1.165) is 10.4 Å². The van der Waals surface area contributed by atoms with E-state index in [1.165, 1.54) is 0 Å². The quantitative estimate of drug-likeness (QED) is 0.858. The SMILES string of the molecule is O=S(=O)(c1cc(CO)oc1Br)N1CCC(C(F)(F)F)CC1. The topological polar surface area (TPSA) is 70.8 Å². The Morgan fingerprint density at radius 2 is 1.95 bits per heavy atom. The lowest BCUT2D eigenvalue weighted by molar-refractivity contribution is -0.182. The Morgan fingerprint density at radius 1 is 1.38 bits per heavy atom. The molecule has 1 aliphatic rings. The second-order valence-corrected chi connectivity index (χ2v) is 7.36. The van der Waals surface area contributed by atoms with Gasteiger partial charge in [0.25, 0.3) is 0 Å². The maximum Gasteiger partial charge on any atom is 0.391 e. The van der Waals surface area contributed by atoms with Crippen LogP contribution in [-0.4, -0.2) is 37.1 Å². The summed E-state index contributed by atoms with van der Waals surface area (Å²) in [6.07, 6.45) is -4.81. The summed E-state index contributed by atoms with van der Waals surface area (Å²) in [5.41, 5.74) is 0. The van der Waals surface area contributed by atoms with Crippen LogP contribution in [0.3, 0.4) is 0 Å². The summed E-state index contributed by atoms with van der Waals surface area (Å²) >= 11 is 2.94. The van der Waals surface area contributed by atoms with Crippen LogP contribution in [0.25, 0.3) is 0 Å². The summed E-state index contributed by atoms with van der Waals surface area (Å²) in [6, 6.07) is 1.16. The highest BCUT2D eigenvalue weighted by atomic mass is 79.9. The van der Waals surface area contributed by atoms with Gasteiger partial charge in [0.15, 0.2) is 4.67 Å². The van der Waals surface area contributed by atoms with Gasteiger partial charge in [0.05, 0.1) is 5.92 Å². The zero-order valence-corrected chi connectivity index (χ0v) is 13.1. The maximum absolute atomic E-state index is 12.6. The molecule has 1 fully saturated rings. The molecule has 1 aliphatic heterocycles. The number of rotatable bonds is 3. The van der Waals surface area contributed by atoms with Crippen LogP contribution in [0.4, 0.5) is 13.2 Å². The third kappa shape index (κ3) is 3.43. The van der Waals surface area contributed by atoms with Crippen LogP contribution in [0, 0.1) is 5.92 Å². The Balaban J connectivity index is 2.17. The fraction of sp³-hybridized carbons (Fsp3) is 0.636. The van der Waals surface area contributed by atoms with Gasteiger partial charge >= 0.3 is 6.18 Å². The lowest BCUT2D eigenvalue weighted by atomic mass is 9.98. The van der Waals surface area contributed by atoms with Crippen molar-refractivity contribution >= 4 is 26.0 Å². The predicted octanol–water partition coefficient (Wildman–Crippen LogP) is 2.50. The van der Waals surface area contributed by atoms with Gasteiger partial charge in [-0.2, -0.15) is 17.5 Å². The number of furan rings is 1. The van der Waals surface area contributed by atoms with Gasteiger partial charge in [-0.3, -0.25) is 0 Å². The number of alkyl halides is 3. The van der Waals surface area contributed by atoms with E-state index < -0.39 is 28.7 Å². The second kappa shape index (κ2) is 5.90. The number of sulfonamides is 1. The highest BCUT2D eigenvalue weighted by Crippen LogP contribution is 2.36. The summed E-state index contributed by atoms with van der Waals surface area (Å²) in [4.78, 5) is -0.183. The van der Waals surface area contributed by atoms with Crippen molar-refractivity contribution in [3.8, 4) is 0 Å². The van der Waals surface area contributed by atoms with Crippen molar-refractivity contribution in [2.24, 2.45) is 5.92 Å². The van der Waals surface area contributed by atoms with Crippen molar-refractivity contribution in [2.75, 3.05) is 13.1 Å². The molecule has 1 N–H and O–H groups in total. The second-order valence-electron chi connectivity index (χ2n) is 4.73. The number of aliphatic hydroxyl groups is 1. The number of aliphatic hydroxyl groups excluding tert-OH is 1. The molecule has 1 aromatic heterocycles. The minimum absolute atomic E-state index is 0.0608. The maximum atomic E-state index is 12.6. The Bertz CT molecular complexity index is 605. The van der Waals surface area contributed by atoms with Crippen molar-refractivity contribution in [3.63, 3.8) is 0 Å². The highest BCUT2D eigenvalue weighted by molar-refractivity contribution is 9.10. The van der Waals surface area contributed by atoms with Crippen LogP contribution in [0.2, 0.25) is 0 Å². The molecule has 2 heterocycles. The molecule has 120 valence electrons. The smallest absolute Gasteiger partial charge is 0.391 e. The zero-order chi connectivity index (χ0) is 15.8. The summed E-state index contributed by atoms with van der Waals surface area (Å²) < 4.78 is 68.4. The molecule has 21 heavy (non-hydrogen) atoms. The molecule has 1 aromatic rings. The normalized spacial score (nSPS) is 19.1. The van der Waals surface area contributed by atoms with E-state index in [1.807, 2.05) is 0 Å². The van der Waals surface area contributed by atoms with Gasteiger partial charge in [-0.15, -0.1) is 0 Å². The van der Waals surface area contributed by atoms with Gasteiger partial charge in [-0.05, 0) is 28.8 Å². The van der Waals surface area contributed by atoms with E-state index in [9.17, 15) is 21.6 Å². The molecular formula is C11H13BrF3NO4S. The summed E-state index contributed by atoms with van der Waals surface area (Å²) in [6.45, 7) is -0.860. The number of piperidine rings is 1. The predicted molar refractivity (Wildman–Crippen MR) is 69.9 cm³/mol. The molecular weight excluding hydrogens is 379 g/mol. The minimum atomic E-state index is -4.30. The summed E-state index contributed by atoms with van der Waals surface area (Å²) in [7, 11) is -3.94. The molecule has 0 aliphatic carbocycles. The number of nitrogens with zero attached hydrogens (tertiary/aromatic N) is 1. The molecule has 0 bridgehead atoms. The fourth-order valence-electron chi connectivity index (χ4n) is 2.21. The van der Waals surface area contributed by atoms with E-state index in [0.29, 0.717) is 0 Å². The first-order valence-electron chi connectivity index (χ1n) is 6.12. The Hall–Kier alpha value is -0.580. The van der Waals surface area contributed by atoms with Crippen molar-refractivity contribution in [3.05, 3.63) is 16.5 Å². The van der Waals surface area contributed by atoms with Crippen LogP contribution < -0.4 is 0 Å². The number of hydrogen-bond acceptors (Lipinski definition) is 4. The average molecular weight is 392 g/mol. The first kappa shape index (κ1) is 16.8. The van der Waals surface area contributed by atoms with Crippen LogP contribution in [-0.2, 0) is 16.6 Å². The van der Waals surface area contributed by atoms with E-state index in [-0.39, 0.29) is 41.3 Å². The summed E-state index contributed by atoms with van der Waals surface area (Å²) in [5.74, 6) is -1.41. The first-order valence-corrected chi connectivity index (χ1v) is 8.35. The molecule has 10 heteroatoms. The monoisotopic (exact) mass is 391 g/mol. The van der Waals surface area contributed by atoms with Gasteiger partial charge in [0, 0.05) is 19.2 Å². The van der Waals surface area contributed by atoms with Crippen LogP contribution >= 0.6 is 15.9 Å². The molecule has 0 radical (unpaired) electrons.